The monoisotopic (exact) mass is 360 g/mol. The molecule has 1 atom stereocenters. The third-order valence-electron chi connectivity index (χ3n) is 5.09. The first-order chi connectivity index (χ1) is 12.6. The van der Waals surface area contributed by atoms with Crippen molar-refractivity contribution in [3.05, 3.63) is 35.9 Å². The highest BCUT2D eigenvalue weighted by Crippen LogP contribution is 2.10. The fourth-order valence-electron chi connectivity index (χ4n) is 3.38. The van der Waals surface area contributed by atoms with E-state index in [1.807, 2.05) is 11.8 Å². The van der Waals surface area contributed by atoms with Crippen LogP contribution in [-0.4, -0.2) is 61.1 Å². The summed E-state index contributed by atoms with van der Waals surface area (Å²) in [4.78, 5) is 17.1. The summed E-state index contributed by atoms with van der Waals surface area (Å²) >= 11 is 0. The van der Waals surface area contributed by atoms with E-state index in [0.29, 0.717) is 12.5 Å². The average molecular weight is 361 g/mol. The van der Waals surface area contributed by atoms with Gasteiger partial charge in [-0.25, -0.2) is 0 Å². The lowest BCUT2D eigenvalue weighted by molar-refractivity contribution is -0.142. The summed E-state index contributed by atoms with van der Waals surface area (Å²) in [7, 11) is 0. The van der Waals surface area contributed by atoms with Crippen molar-refractivity contribution in [1.82, 2.24) is 9.80 Å². The zero-order chi connectivity index (χ0) is 18.8. The SMILES string of the molecule is CC(C)CCOC(C)C(=O)N1CCCN(CCCc2ccccc2)CC1. The van der Waals surface area contributed by atoms with E-state index in [0.717, 1.165) is 52.0 Å². The zero-order valence-corrected chi connectivity index (χ0v) is 16.8. The number of hydrogen-bond acceptors (Lipinski definition) is 3. The molecule has 0 bridgehead atoms. The molecular weight excluding hydrogens is 324 g/mol. The zero-order valence-electron chi connectivity index (χ0n) is 16.8. The molecule has 4 nitrogen and oxygen atoms in total. The second kappa shape index (κ2) is 11.3. The van der Waals surface area contributed by atoms with Crippen LogP contribution >= 0.6 is 0 Å². The van der Waals surface area contributed by atoms with Crippen molar-refractivity contribution < 1.29 is 9.53 Å². The fraction of sp³-hybridized carbons (Fsp3) is 0.682. The Morgan fingerprint density at radius 1 is 1.08 bits per heavy atom. The standard InChI is InChI=1S/C22H36N2O2/c1-19(2)12-18-26-20(3)22(25)24-15-8-14-23(16-17-24)13-7-11-21-9-5-4-6-10-21/h4-6,9-10,19-20H,7-8,11-18H2,1-3H3. The van der Waals surface area contributed by atoms with Gasteiger partial charge in [0.05, 0.1) is 0 Å². The van der Waals surface area contributed by atoms with Crippen LogP contribution in [0.1, 0.15) is 45.6 Å². The molecule has 0 aliphatic carbocycles. The quantitative estimate of drug-likeness (QED) is 0.674. The molecule has 0 aromatic heterocycles. The van der Waals surface area contributed by atoms with Crippen LogP contribution in [0.4, 0.5) is 0 Å². The lowest BCUT2D eigenvalue weighted by Crippen LogP contribution is -2.41. The number of nitrogens with zero attached hydrogens (tertiary/aromatic N) is 2. The highest BCUT2D eigenvalue weighted by molar-refractivity contribution is 5.80. The number of ether oxygens (including phenoxy) is 1. The lowest BCUT2D eigenvalue weighted by atomic mass is 10.1. The summed E-state index contributed by atoms with van der Waals surface area (Å²) in [6.45, 7) is 11.8. The molecule has 0 saturated carbocycles. The summed E-state index contributed by atoms with van der Waals surface area (Å²) in [5.74, 6) is 0.764. The molecule has 1 aromatic rings. The average Bonchev–Trinajstić information content (AvgIpc) is 2.87. The molecule has 26 heavy (non-hydrogen) atoms. The number of hydrogen-bond donors (Lipinski definition) is 0. The number of rotatable bonds is 9. The van der Waals surface area contributed by atoms with E-state index in [-0.39, 0.29) is 12.0 Å². The van der Waals surface area contributed by atoms with E-state index in [1.54, 1.807) is 0 Å². The van der Waals surface area contributed by atoms with Crippen molar-refractivity contribution in [2.24, 2.45) is 5.92 Å². The molecule has 1 heterocycles. The summed E-state index contributed by atoms with van der Waals surface area (Å²) < 4.78 is 5.74. The van der Waals surface area contributed by atoms with Crippen LogP contribution < -0.4 is 0 Å². The van der Waals surface area contributed by atoms with Gasteiger partial charge in [-0.05, 0) is 57.2 Å². The van der Waals surface area contributed by atoms with Gasteiger partial charge >= 0.3 is 0 Å². The largest absolute Gasteiger partial charge is 0.369 e. The minimum absolute atomic E-state index is 0.153. The Morgan fingerprint density at radius 3 is 2.58 bits per heavy atom. The summed E-state index contributed by atoms with van der Waals surface area (Å²) in [5.41, 5.74) is 1.41. The van der Waals surface area contributed by atoms with E-state index in [1.165, 1.54) is 12.0 Å². The van der Waals surface area contributed by atoms with Crippen molar-refractivity contribution in [1.29, 1.82) is 0 Å². The maximum absolute atomic E-state index is 12.6. The number of benzene rings is 1. The lowest BCUT2D eigenvalue weighted by Gasteiger charge is -2.25. The van der Waals surface area contributed by atoms with Crippen molar-refractivity contribution in [3.8, 4) is 0 Å². The molecule has 1 aromatic carbocycles. The van der Waals surface area contributed by atoms with Gasteiger partial charge < -0.3 is 14.5 Å². The summed E-state index contributed by atoms with van der Waals surface area (Å²) in [5, 5.41) is 0. The van der Waals surface area contributed by atoms with Crippen molar-refractivity contribution in [2.45, 2.75) is 52.6 Å². The van der Waals surface area contributed by atoms with Crippen molar-refractivity contribution in [2.75, 3.05) is 39.3 Å². The van der Waals surface area contributed by atoms with Crippen LogP contribution in [-0.2, 0) is 16.0 Å². The Bertz CT molecular complexity index is 518. The predicted octanol–water partition coefficient (Wildman–Crippen LogP) is 3.60. The fourth-order valence-corrected chi connectivity index (χ4v) is 3.38. The van der Waals surface area contributed by atoms with Gasteiger partial charge in [0.25, 0.3) is 5.91 Å². The molecule has 1 amide bonds. The highest BCUT2D eigenvalue weighted by atomic mass is 16.5. The van der Waals surface area contributed by atoms with Crippen LogP contribution in [0, 0.1) is 5.92 Å². The Kier molecular flexibility index (Phi) is 9.13. The summed E-state index contributed by atoms with van der Waals surface area (Å²) in [6, 6.07) is 10.7. The van der Waals surface area contributed by atoms with Gasteiger partial charge in [-0.1, -0.05) is 44.2 Å². The van der Waals surface area contributed by atoms with Crippen LogP contribution in [0.25, 0.3) is 0 Å². The second-order valence-electron chi connectivity index (χ2n) is 7.81. The van der Waals surface area contributed by atoms with Crippen LogP contribution in [0.3, 0.4) is 0 Å². The van der Waals surface area contributed by atoms with E-state index >= 15 is 0 Å². The topological polar surface area (TPSA) is 32.8 Å². The van der Waals surface area contributed by atoms with Gasteiger partial charge in [0, 0.05) is 26.2 Å². The number of carbonyl (C=O) groups excluding carboxylic acids is 1. The second-order valence-corrected chi connectivity index (χ2v) is 7.81. The Balaban J connectivity index is 1.68. The molecule has 2 rings (SSSR count). The molecule has 146 valence electrons. The van der Waals surface area contributed by atoms with Crippen molar-refractivity contribution in [3.63, 3.8) is 0 Å². The van der Waals surface area contributed by atoms with Gasteiger partial charge in [0.15, 0.2) is 0 Å². The molecule has 4 heteroatoms. The molecule has 1 aliphatic heterocycles. The maximum Gasteiger partial charge on any atom is 0.251 e. The minimum Gasteiger partial charge on any atom is -0.369 e. The maximum atomic E-state index is 12.6. The first-order valence-electron chi connectivity index (χ1n) is 10.2. The first-order valence-corrected chi connectivity index (χ1v) is 10.2. The third-order valence-corrected chi connectivity index (χ3v) is 5.09. The molecular formula is C22H36N2O2. The Morgan fingerprint density at radius 2 is 1.85 bits per heavy atom. The van der Waals surface area contributed by atoms with Crippen LogP contribution in [0.5, 0.6) is 0 Å². The smallest absolute Gasteiger partial charge is 0.251 e. The third kappa shape index (κ3) is 7.46. The van der Waals surface area contributed by atoms with E-state index in [4.69, 9.17) is 4.74 Å². The molecule has 1 aliphatic rings. The molecule has 1 saturated heterocycles. The number of aryl methyl sites for hydroxylation is 1. The predicted molar refractivity (Wildman–Crippen MR) is 107 cm³/mol. The van der Waals surface area contributed by atoms with Gasteiger partial charge in [-0.15, -0.1) is 0 Å². The van der Waals surface area contributed by atoms with Gasteiger partial charge in [-0.2, -0.15) is 0 Å². The molecule has 0 radical (unpaired) electrons. The molecule has 0 spiro atoms. The van der Waals surface area contributed by atoms with Crippen molar-refractivity contribution >= 4 is 5.91 Å². The van der Waals surface area contributed by atoms with E-state index in [2.05, 4.69) is 49.1 Å². The van der Waals surface area contributed by atoms with Crippen LogP contribution in [0.2, 0.25) is 0 Å². The van der Waals surface area contributed by atoms with E-state index < -0.39 is 0 Å². The van der Waals surface area contributed by atoms with Crippen LogP contribution in [0.15, 0.2) is 30.3 Å². The minimum atomic E-state index is -0.321. The summed E-state index contributed by atoms with van der Waals surface area (Å²) in [6.07, 6.45) is 4.04. The normalized spacial score (nSPS) is 17.3. The highest BCUT2D eigenvalue weighted by Gasteiger charge is 2.23. The molecule has 1 unspecified atom stereocenters. The molecule has 0 N–H and O–H groups in total. The number of carbonyl (C=O) groups is 1. The Labute approximate surface area is 159 Å². The van der Waals surface area contributed by atoms with Gasteiger partial charge in [0.2, 0.25) is 0 Å². The van der Waals surface area contributed by atoms with Gasteiger partial charge in [0.1, 0.15) is 6.10 Å². The Hall–Kier alpha value is -1.39. The number of amides is 1. The van der Waals surface area contributed by atoms with Gasteiger partial charge in [-0.3, -0.25) is 4.79 Å². The first kappa shape index (κ1) is 20.9. The van der Waals surface area contributed by atoms with E-state index in [9.17, 15) is 4.79 Å². The molecule has 1 fully saturated rings.